The number of rotatable bonds is 6. The van der Waals surface area contributed by atoms with Crippen molar-refractivity contribution in [2.24, 2.45) is 0 Å². The molecule has 0 radical (unpaired) electrons. The van der Waals surface area contributed by atoms with Gasteiger partial charge in [0.1, 0.15) is 11.4 Å². The van der Waals surface area contributed by atoms with Crippen LogP contribution in [0.2, 0.25) is 0 Å². The Balaban J connectivity index is 3.84. The third-order valence-corrected chi connectivity index (χ3v) is 3.71. The minimum absolute atomic E-state index is 0.0216. The maximum absolute atomic E-state index is 11.5. The van der Waals surface area contributed by atoms with E-state index >= 15 is 0 Å². The van der Waals surface area contributed by atoms with Gasteiger partial charge in [-0.15, -0.1) is 0 Å². The molecule has 7 heteroatoms. The molecule has 0 aromatic carbocycles. The van der Waals surface area contributed by atoms with Crippen LogP contribution in [0.3, 0.4) is 0 Å². The molecule has 0 aliphatic heterocycles. The molecular formula is C7H14BrO5P. The Morgan fingerprint density at radius 1 is 1.43 bits per heavy atom. The molecule has 1 atom stereocenters. The van der Waals surface area contributed by atoms with E-state index in [2.05, 4.69) is 25.0 Å². The van der Waals surface area contributed by atoms with Gasteiger partial charge in [0.25, 0.3) is 0 Å². The lowest BCUT2D eigenvalue weighted by Gasteiger charge is -2.13. The quantitative estimate of drug-likeness (QED) is 0.424. The Morgan fingerprint density at radius 3 is 2.29 bits per heavy atom. The van der Waals surface area contributed by atoms with Crippen molar-refractivity contribution in [1.29, 1.82) is 0 Å². The lowest BCUT2D eigenvalue weighted by atomic mass is 10.5. The van der Waals surface area contributed by atoms with E-state index in [1.54, 1.807) is 6.92 Å². The number of ether oxygens (including phenoxy) is 1. The second kappa shape index (κ2) is 6.56. The molecule has 0 saturated heterocycles. The van der Waals surface area contributed by atoms with E-state index in [-0.39, 0.29) is 17.6 Å². The molecule has 0 amide bonds. The fourth-order valence-corrected chi connectivity index (χ4v) is 1.59. The summed E-state index contributed by atoms with van der Waals surface area (Å²) in [6.45, 7) is 1.67. The summed E-state index contributed by atoms with van der Waals surface area (Å²) in [5.74, 6) is -0.399. The summed E-state index contributed by atoms with van der Waals surface area (Å²) < 4.78 is 25.6. The Bertz CT molecular complexity index is 222. The zero-order chi connectivity index (χ0) is 11.2. The SMILES string of the molecule is COP(=O)(CCOC(=O)C(C)Br)OC. The lowest BCUT2D eigenvalue weighted by molar-refractivity contribution is -0.141. The Morgan fingerprint density at radius 2 is 1.93 bits per heavy atom. The second-order valence-corrected chi connectivity index (χ2v) is 6.26. The normalized spacial score (nSPS) is 13.7. The van der Waals surface area contributed by atoms with Gasteiger partial charge >= 0.3 is 13.6 Å². The predicted molar refractivity (Wildman–Crippen MR) is 55.8 cm³/mol. The van der Waals surface area contributed by atoms with Crippen molar-refractivity contribution in [3.8, 4) is 0 Å². The second-order valence-electron chi connectivity index (χ2n) is 2.48. The van der Waals surface area contributed by atoms with E-state index in [1.165, 1.54) is 14.2 Å². The molecule has 0 bridgehead atoms. The average molecular weight is 289 g/mol. The third kappa shape index (κ3) is 5.10. The molecule has 0 N–H and O–H groups in total. The van der Waals surface area contributed by atoms with Crippen LogP contribution in [-0.2, 0) is 23.1 Å². The molecule has 0 aromatic rings. The fraction of sp³-hybridized carbons (Fsp3) is 0.857. The van der Waals surface area contributed by atoms with Crippen LogP contribution in [0.4, 0.5) is 0 Å². The van der Waals surface area contributed by atoms with Gasteiger partial charge in [-0.2, -0.15) is 0 Å². The average Bonchev–Trinajstić information content (AvgIpc) is 2.17. The summed E-state index contributed by atoms with van der Waals surface area (Å²) in [5.41, 5.74) is 0. The molecule has 84 valence electrons. The van der Waals surface area contributed by atoms with Gasteiger partial charge in [-0.05, 0) is 6.92 Å². The highest BCUT2D eigenvalue weighted by molar-refractivity contribution is 9.10. The van der Waals surface area contributed by atoms with Gasteiger partial charge in [0.15, 0.2) is 0 Å². The first-order valence-corrected chi connectivity index (χ1v) is 6.61. The van der Waals surface area contributed by atoms with E-state index in [4.69, 9.17) is 4.74 Å². The minimum atomic E-state index is -3.06. The van der Waals surface area contributed by atoms with Crippen LogP contribution in [-0.4, -0.2) is 37.8 Å². The maximum atomic E-state index is 11.5. The molecule has 0 aliphatic rings. The van der Waals surface area contributed by atoms with E-state index < -0.39 is 13.6 Å². The Labute approximate surface area is 91.8 Å². The molecule has 0 spiro atoms. The van der Waals surface area contributed by atoms with Crippen molar-refractivity contribution in [1.82, 2.24) is 0 Å². The first-order chi connectivity index (χ1) is 6.45. The number of alkyl halides is 1. The minimum Gasteiger partial charge on any atom is -0.464 e. The van der Waals surface area contributed by atoms with E-state index in [1.807, 2.05) is 0 Å². The monoisotopic (exact) mass is 288 g/mol. The van der Waals surface area contributed by atoms with Crippen LogP contribution in [0, 0.1) is 0 Å². The third-order valence-electron chi connectivity index (χ3n) is 1.49. The van der Waals surface area contributed by atoms with E-state index in [0.717, 1.165) is 0 Å². The summed E-state index contributed by atoms with van der Waals surface area (Å²) in [4.78, 5) is 10.6. The molecule has 0 fully saturated rings. The van der Waals surface area contributed by atoms with Crippen molar-refractivity contribution in [3.05, 3.63) is 0 Å². The van der Waals surface area contributed by atoms with Crippen LogP contribution in [0.15, 0.2) is 0 Å². The number of halogens is 1. The molecule has 5 nitrogen and oxygen atoms in total. The number of hydrogen-bond acceptors (Lipinski definition) is 5. The highest BCUT2D eigenvalue weighted by Crippen LogP contribution is 2.45. The maximum Gasteiger partial charge on any atom is 0.333 e. The van der Waals surface area contributed by atoms with Crippen LogP contribution >= 0.6 is 23.5 Å². The number of esters is 1. The summed E-state index contributed by atoms with van der Waals surface area (Å²) >= 11 is 3.05. The van der Waals surface area contributed by atoms with Crippen molar-refractivity contribution in [2.75, 3.05) is 27.0 Å². The van der Waals surface area contributed by atoms with Gasteiger partial charge < -0.3 is 13.8 Å². The van der Waals surface area contributed by atoms with Crippen LogP contribution < -0.4 is 0 Å². The summed E-state index contributed by atoms with van der Waals surface area (Å²) in [7, 11) is -0.478. The standard InChI is InChI=1S/C7H14BrO5P/c1-6(8)7(9)13-4-5-14(10,11-2)12-3/h6H,4-5H2,1-3H3. The van der Waals surface area contributed by atoms with Crippen molar-refractivity contribution in [2.45, 2.75) is 11.8 Å². The molecule has 14 heavy (non-hydrogen) atoms. The summed E-state index contributed by atoms with van der Waals surface area (Å²) in [6, 6.07) is 0. The summed E-state index contributed by atoms with van der Waals surface area (Å²) in [6.07, 6.45) is 0.0610. The topological polar surface area (TPSA) is 61.8 Å². The first-order valence-electron chi connectivity index (χ1n) is 3.96. The number of hydrogen-bond donors (Lipinski definition) is 0. The lowest BCUT2D eigenvalue weighted by Crippen LogP contribution is -2.16. The molecule has 1 unspecified atom stereocenters. The molecule has 0 heterocycles. The predicted octanol–water partition coefficient (Wildman–Crippen LogP) is 1.80. The van der Waals surface area contributed by atoms with Crippen molar-refractivity contribution >= 4 is 29.5 Å². The van der Waals surface area contributed by atoms with Crippen molar-refractivity contribution in [3.63, 3.8) is 0 Å². The van der Waals surface area contributed by atoms with Gasteiger partial charge in [-0.25, -0.2) is 0 Å². The zero-order valence-corrected chi connectivity index (χ0v) is 10.8. The van der Waals surface area contributed by atoms with Gasteiger partial charge in [0.2, 0.25) is 0 Å². The molecule has 0 saturated carbocycles. The zero-order valence-electron chi connectivity index (χ0n) is 8.36. The smallest absolute Gasteiger partial charge is 0.333 e. The highest BCUT2D eigenvalue weighted by Gasteiger charge is 2.21. The Kier molecular flexibility index (Phi) is 6.61. The van der Waals surface area contributed by atoms with Gasteiger partial charge in [0.05, 0.1) is 6.16 Å². The summed E-state index contributed by atoms with van der Waals surface area (Å²) in [5, 5.41) is 0. The van der Waals surface area contributed by atoms with Crippen LogP contribution in [0.1, 0.15) is 6.92 Å². The van der Waals surface area contributed by atoms with E-state index in [0.29, 0.717) is 0 Å². The van der Waals surface area contributed by atoms with E-state index in [9.17, 15) is 9.36 Å². The highest BCUT2D eigenvalue weighted by atomic mass is 79.9. The number of carbonyl (C=O) groups is 1. The van der Waals surface area contributed by atoms with Gasteiger partial charge in [-0.3, -0.25) is 9.36 Å². The van der Waals surface area contributed by atoms with Crippen molar-refractivity contribution < 1.29 is 23.1 Å². The largest absolute Gasteiger partial charge is 0.464 e. The van der Waals surface area contributed by atoms with Gasteiger partial charge in [0, 0.05) is 14.2 Å². The first kappa shape index (κ1) is 14.1. The molecule has 0 rings (SSSR count). The Hall–Kier alpha value is 0.1000. The van der Waals surface area contributed by atoms with Crippen LogP contribution in [0.25, 0.3) is 0 Å². The van der Waals surface area contributed by atoms with Crippen LogP contribution in [0.5, 0.6) is 0 Å². The molecule has 0 aliphatic carbocycles. The molecular weight excluding hydrogens is 275 g/mol. The molecule has 0 aromatic heterocycles. The fourth-order valence-electron chi connectivity index (χ4n) is 0.630. The number of carbonyl (C=O) groups excluding carboxylic acids is 1. The van der Waals surface area contributed by atoms with Gasteiger partial charge in [-0.1, -0.05) is 15.9 Å².